The lowest BCUT2D eigenvalue weighted by Crippen LogP contribution is -2.42. The first kappa shape index (κ1) is 21.4. The van der Waals surface area contributed by atoms with Gasteiger partial charge in [0.05, 0.1) is 6.04 Å². The predicted molar refractivity (Wildman–Crippen MR) is 78.1 cm³/mol. The van der Waals surface area contributed by atoms with Crippen LogP contribution in [0.5, 0.6) is 0 Å². The third kappa shape index (κ3) is 8.16. The molecule has 1 heterocycles. The van der Waals surface area contributed by atoms with E-state index in [1.807, 2.05) is 4.72 Å². The zero-order valence-electron chi connectivity index (χ0n) is 11.9. The average Bonchev–Trinajstić information content (AvgIpc) is 2.84. The molecule has 0 bridgehead atoms. The van der Waals surface area contributed by atoms with E-state index in [4.69, 9.17) is 5.73 Å². The summed E-state index contributed by atoms with van der Waals surface area (Å²) < 4.78 is 60.0. The summed E-state index contributed by atoms with van der Waals surface area (Å²) in [6.45, 7) is 1.18. The van der Waals surface area contributed by atoms with Crippen molar-refractivity contribution in [1.29, 1.82) is 0 Å². The van der Waals surface area contributed by atoms with Crippen molar-refractivity contribution < 1.29 is 26.4 Å². The molecule has 0 aromatic rings. The van der Waals surface area contributed by atoms with E-state index in [0.29, 0.717) is 13.1 Å². The molecular weight excluding hydrogens is 347 g/mol. The average molecular weight is 368 g/mol. The number of carbonyl (C=O) groups excluding carboxylic acids is 1. The van der Waals surface area contributed by atoms with Crippen LogP contribution in [-0.4, -0.2) is 56.8 Å². The third-order valence-electron chi connectivity index (χ3n) is 3.10. The standard InChI is InChI=1S/C11H20F3N3O3S.ClH/c12-11(13,14)8-21(19,20)16-5-3-4-9(15)10(18)17-6-1-2-7-17;/h9,16H,1-8,15H2;1H. The van der Waals surface area contributed by atoms with Gasteiger partial charge in [-0.2, -0.15) is 13.2 Å². The fourth-order valence-electron chi connectivity index (χ4n) is 2.11. The SMILES string of the molecule is Cl.NC(CCCNS(=O)(=O)CC(F)(F)F)C(=O)N1CCCC1. The number of rotatable bonds is 7. The maximum absolute atomic E-state index is 12.0. The van der Waals surface area contributed by atoms with E-state index in [-0.39, 0.29) is 37.7 Å². The molecule has 1 aliphatic heterocycles. The van der Waals surface area contributed by atoms with Crippen molar-refractivity contribution in [2.24, 2.45) is 5.73 Å². The maximum Gasteiger partial charge on any atom is 0.404 e. The van der Waals surface area contributed by atoms with Gasteiger partial charge in [-0.15, -0.1) is 12.4 Å². The van der Waals surface area contributed by atoms with Gasteiger partial charge in [0.25, 0.3) is 0 Å². The Morgan fingerprint density at radius 3 is 2.32 bits per heavy atom. The maximum atomic E-state index is 12.0. The van der Waals surface area contributed by atoms with Gasteiger partial charge in [0.1, 0.15) is 0 Å². The van der Waals surface area contributed by atoms with Gasteiger partial charge in [-0.1, -0.05) is 0 Å². The molecule has 1 atom stereocenters. The number of nitrogens with one attached hydrogen (secondary N) is 1. The number of sulfonamides is 1. The second-order valence-electron chi connectivity index (χ2n) is 5.05. The number of halogens is 4. The fourth-order valence-corrected chi connectivity index (χ4v) is 3.10. The van der Waals surface area contributed by atoms with Crippen molar-refractivity contribution in [2.45, 2.75) is 37.9 Å². The van der Waals surface area contributed by atoms with Crippen molar-refractivity contribution in [2.75, 3.05) is 25.4 Å². The largest absolute Gasteiger partial charge is 0.404 e. The van der Waals surface area contributed by atoms with E-state index < -0.39 is 28.0 Å². The first-order valence-electron chi connectivity index (χ1n) is 6.69. The van der Waals surface area contributed by atoms with Crippen molar-refractivity contribution >= 4 is 28.3 Å². The molecule has 0 aromatic carbocycles. The number of nitrogens with two attached hydrogens (primary N) is 1. The van der Waals surface area contributed by atoms with E-state index in [1.54, 1.807) is 4.90 Å². The Morgan fingerprint density at radius 1 is 1.27 bits per heavy atom. The summed E-state index contributed by atoms with van der Waals surface area (Å²) in [6.07, 6.45) is -2.46. The number of alkyl halides is 3. The zero-order valence-corrected chi connectivity index (χ0v) is 13.6. The molecule has 1 saturated heterocycles. The van der Waals surface area contributed by atoms with Gasteiger partial charge in [0.15, 0.2) is 5.75 Å². The molecular formula is C11H21ClF3N3O3S. The lowest BCUT2D eigenvalue weighted by atomic mass is 10.1. The summed E-state index contributed by atoms with van der Waals surface area (Å²) in [5.41, 5.74) is 5.70. The molecule has 0 radical (unpaired) electrons. The van der Waals surface area contributed by atoms with Crippen LogP contribution in [0, 0.1) is 0 Å². The van der Waals surface area contributed by atoms with Crippen LogP contribution in [0.2, 0.25) is 0 Å². The summed E-state index contributed by atoms with van der Waals surface area (Å²) in [7, 11) is -4.38. The van der Waals surface area contributed by atoms with E-state index in [2.05, 4.69) is 0 Å². The normalized spacial score (nSPS) is 17.2. The zero-order chi connectivity index (χ0) is 16.1. The quantitative estimate of drug-likeness (QED) is 0.645. The van der Waals surface area contributed by atoms with Gasteiger partial charge < -0.3 is 10.6 Å². The predicted octanol–water partition coefficient (Wildman–Crippen LogP) is 0.620. The smallest absolute Gasteiger partial charge is 0.341 e. The molecule has 1 unspecified atom stereocenters. The minimum absolute atomic E-state index is 0. The summed E-state index contributed by atoms with van der Waals surface area (Å²) >= 11 is 0. The van der Waals surface area contributed by atoms with Crippen LogP contribution < -0.4 is 10.5 Å². The summed E-state index contributed by atoms with van der Waals surface area (Å²) in [5.74, 6) is -2.09. The highest BCUT2D eigenvalue weighted by molar-refractivity contribution is 7.89. The van der Waals surface area contributed by atoms with Crippen LogP contribution in [0.15, 0.2) is 0 Å². The highest BCUT2D eigenvalue weighted by Crippen LogP contribution is 2.16. The van der Waals surface area contributed by atoms with Crippen LogP contribution in [0.1, 0.15) is 25.7 Å². The van der Waals surface area contributed by atoms with Crippen LogP contribution >= 0.6 is 12.4 Å². The number of carbonyl (C=O) groups is 1. The minimum Gasteiger partial charge on any atom is -0.341 e. The Balaban J connectivity index is 0.00000441. The lowest BCUT2D eigenvalue weighted by Gasteiger charge is -2.20. The molecule has 1 fully saturated rings. The Bertz CT molecular complexity index is 453. The fraction of sp³-hybridized carbons (Fsp3) is 0.909. The second kappa shape index (κ2) is 8.90. The second-order valence-corrected chi connectivity index (χ2v) is 6.86. The van der Waals surface area contributed by atoms with Crippen LogP contribution in [0.3, 0.4) is 0 Å². The van der Waals surface area contributed by atoms with E-state index in [1.165, 1.54) is 0 Å². The van der Waals surface area contributed by atoms with Gasteiger partial charge in [0.2, 0.25) is 15.9 Å². The topological polar surface area (TPSA) is 92.5 Å². The van der Waals surface area contributed by atoms with Gasteiger partial charge in [0, 0.05) is 19.6 Å². The van der Waals surface area contributed by atoms with Crippen molar-refractivity contribution in [1.82, 2.24) is 9.62 Å². The van der Waals surface area contributed by atoms with Crippen molar-refractivity contribution in [3.8, 4) is 0 Å². The molecule has 0 spiro atoms. The number of nitrogens with zero attached hydrogens (tertiary/aromatic N) is 1. The molecule has 11 heteroatoms. The molecule has 0 aliphatic carbocycles. The van der Waals surface area contributed by atoms with E-state index in [0.717, 1.165) is 12.8 Å². The molecule has 1 aliphatic rings. The molecule has 132 valence electrons. The van der Waals surface area contributed by atoms with Crippen molar-refractivity contribution in [3.63, 3.8) is 0 Å². The minimum atomic E-state index is -4.77. The van der Waals surface area contributed by atoms with Crippen LogP contribution in [0.4, 0.5) is 13.2 Å². The molecule has 0 saturated carbocycles. The Labute approximate surface area is 134 Å². The first-order valence-corrected chi connectivity index (χ1v) is 8.34. The van der Waals surface area contributed by atoms with Crippen LogP contribution in [0.25, 0.3) is 0 Å². The molecule has 1 amide bonds. The lowest BCUT2D eigenvalue weighted by molar-refractivity contribution is -0.131. The van der Waals surface area contributed by atoms with E-state index in [9.17, 15) is 26.4 Å². The van der Waals surface area contributed by atoms with Crippen LogP contribution in [-0.2, 0) is 14.8 Å². The Hall–Kier alpha value is -0.580. The summed E-state index contributed by atoms with van der Waals surface area (Å²) in [4.78, 5) is 13.5. The molecule has 3 N–H and O–H groups in total. The number of likely N-dealkylation sites (tertiary alicyclic amines) is 1. The molecule has 6 nitrogen and oxygen atoms in total. The van der Waals surface area contributed by atoms with Gasteiger partial charge in [-0.05, 0) is 25.7 Å². The molecule has 22 heavy (non-hydrogen) atoms. The van der Waals surface area contributed by atoms with Crippen molar-refractivity contribution in [3.05, 3.63) is 0 Å². The molecule has 0 aromatic heterocycles. The van der Waals surface area contributed by atoms with Gasteiger partial charge in [-0.25, -0.2) is 13.1 Å². The molecule has 1 rings (SSSR count). The monoisotopic (exact) mass is 367 g/mol. The number of amides is 1. The number of hydrogen-bond acceptors (Lipinski definition) is 4. The van der Waals surface area contributed by atoms with E-state index >= 15 is 0 Å². The van der Waals surface area contributed by atoms with Gasteiger partial charge in [-0.3, -0.25) is 4.79 Å². The Morgan fingerprint density at radius 2 is 1.82 bits per heavy atom. The summed E-state index contributed by atoms with van der Waals surface area (Å²) in [5, 5.41) is 0. The third-order valence-corrected chi connectivity index (χ3v) is 4.45. The Kier molecular flexibility index (Phi) is 8.66. The summed E-state index contributed by atoms with van der Waals surface area (Å²) in [6, 6.07) is -0.741. The number of hydrogen-bond donors (Lipinski definition) is 2. The highest BCUT2D eigenvalue weighted by atomic mass is 35.5. The van der Waals surface area contributed by atoms with Gasteiger partial charge >= 0.3 is 6.18 Å². The highest BCUT2D eigenvalue weighted by Gasteiger charge is 2.34. The first-order chi connectivity index (χ1) is 9.61.